The second kappa shape index (κ2) is 10.6. The van der Waals surface area contributed by atoms with Crippen molar-refractivity contribution in [2.75, 3.05) is 25.0 Å². The van der Waals surface area contributed by atoms with E-state index in [1.54, 1.807) is 0 Å². The molecule has 0 atom stereocenters. The first kappa shape index (κ1) is 20.0. The van der Waals surface area contributed by atoms with Gasteiger partial charge < -0.3 is 10.1 Å². The Kier molecular flexibility index (Phi) is 8.16. The van der Waals surface area contributed by atoms with Crippen LogP contribution in [0, 0.1) is 6.92 Å². The third kappa shape index (κ3) is 6.52. The van der Waals surface area contributed by atoms with Crippen LogP contribution in [0.3, 0.4) is 0 Å². The van der Waals surface area contributed by atoms with Crippen molar-refractivity contribution in [3.05, 3.63) is 59.7 Å². The van der Waals surface area contributed by atoms with Crippen molar-refractivity contribution in [2.24, 2.45) is 0 Å². The molecule has 4 nitrogen and oxygen atoms in total. The predicted octanol–water partition coefficient (Wildman–Crippen LogP) is 4.63. The van der Waals surface area contributed by atoms with Crippen LogP contribution in [0.1, 0.15) is 37.8 Å². The highest BCUT2D eigenvalue weighted by Gasteiger charge is 2.11. The zero-order valence-corrected chi connectivity index (χ0v) is 16.1. The van der Waals surface area contributed by atoms with Gasteiger partial charge in [-0.15, -0.1) is 0 Å². The maximum absolute atomic E-state index is 12.3. The number of amides is 1. The summed E-state index contributed by atoms with van der Waals surface area (Å²) in [6, 6.07) is 15.9. The molecule has 1 N–H and O–H groups in total. The van der Waals surface area contributed by atoms with Gasteiger partial charge in [0.05, 0.1) is 6.54 Å². The second-order valence-electron chi connectivity index (χ2n) is 6.58. The highest BCUT2D eigenvalue weighted by atomic mass is 16.5. The van der Waals surface area contributed by atoms with Gasteiger partial charge in [0.25, 0.3) is 0 Å². The van der Waals surface area contributed by atoms with Crippen LogP contribution in [0.5, 0.6) is 5.75 Å². The van der Waals surface area contributed by atoms with Gasteiger partial charge in [0.15, 0.2) is 0 Å². The third-order valence-corrected chi connectivity index (χ3v) is 4.17. The molecule has 0 heterocycles. The van der Waals surface area contributed by atoms with E-state index in [0.29, 0.717) is 13.2 Å². The number of benzene rings is 2. The highest BCUT2D eigenvalue weighted by Crippen LogP contribution is 2.22. The molecular weight excluding hydrogens is 324 g/mol. The van der Waals surface area contributed by atoms with E-state index in [1.807, 2.05) is 55.5 Å². The van der Waals surface area contributed by atoms with Gasteiger partial charge in [0, 0.05) is 5.69 Å². The van der Waals surface area contributed by atoms with Gasteiger partial charge in [-0.05, 0) is 62.2 Å². The zero-order chi connectivity index (χ0) is 18.8. The lowest BCUT2D eigenvalue weighted by Gasteiger charge is -2.20. The van der Waals surface area contributed by atoms with E-state index in [0.717, 1.165) is 48.5 Å². The van der Waals surface area contributed by atoms with Crippen molar-refractivity contribution in [1.82, 2.24) is 4.90 Å². The molecule has 0 bridgehead atoms. The number of aryl methyl sites for hydroxylation is 1. The Morgan fingerprint density at radius 2 is 1.73 bits per heavy atom. The summed E-state index contributed by atoms with van der Waals surface area (Å²) in [6.07, 6.45) is 2.11. The Balaban J connectivity index is 1.90. The Bertz CT molecular complexity index is 680. The molecule has 26 heavy (non-hydrogen) atoms. The number of anilines is 1. The summed E-state index contributed by atoms with van der Waals surface area (Å²) in [6.45, 7) is 9.14. The average molecular weight is 354 g/mol. The van der Waals surface area contributed by atoms with Gasteiger partial charge in [-0.3, -0.25) is 9.69 Å². The predicted molar refractivity (Wildman–Crippen MR) is 108 cm³/mol. The number of carbonyl (C=O) groups is 1. The number of nitrogens with zero attached hydrogens (tertiary/aromatic N) is 1. The highest BCUT2D eigenvalue weighted by molar-refractivity contribution is 5.93. The van der Waals surface area contributed by atoms with E-state index in [2.05, 4.69) is 24.1 Å². The summed E-state index contributed by atoms with van der Waals surface area (Å²) in [5.74, 6) is 0.843. The molecule has 2 rings (SSSR count). The van der Waals surface area contributed by atoms with E-state index < -0.39 is 0 Å². The fourth-order valence-corrected chi connectivity index (χ4v) is 2.90. The molecule has 140 valence electrons. The monoisotopic (exact) mass is 354 g/mol. The molecule has 0 unspecified atom stereocenters. The van der Waals surface area contributed by atoms with E-state index in [9.17, 15) is 4.79 Å². The molecule has 0 radical (unpaired) electrons. The Morgan fingerprint density at radius 3 is 2.35 bits per heavy atom. The summed E-state index contributed by atoms with van der Waals surface area (Å²) in [5, 5.41) is 3.02. The minimum absolute atomic E-state index is 0.0351. The van der Waals surface area contributed by atoms with Crippen LogP contribution in [0.4, 0.5) is 5.69 Å². The molecule has 0 aliphatic rings. The van der Waals surface area contributed by atoms with Gasteiger partial charge in [-0.25, -0.2) is 0 Å². The van der Waals surface area contributed by atoms with Crippen LogP contribution >= 0.6 is 0 Å². The average Bonchev–Trinajstić information content (AvgIpc) is 2.63. The molecule has 1 amide bonds. The van der Waals surface area contributed by atoms with Crippen molar-refractivity contribution in [1.29, 1.82) is 0 Å². The SMILES string of the molecule is CCCN(CCC)CC(=O)Nc1ccc(OCc2ccccc2)cc1C. The molecule has 4 heteroatoms. The first-order valence-corrected chi connectivity index (χ1v) is 9.42. The standard InChI is InChI=1S/C22H30N2O2/c1-4-13-24(14-5-2)16-22(25)23-21-12-11-20(15-18(21)3)26-17-19-9-7-6-8-10-19/h6-12,15H,4-5,13-14,16-17H2,1-3H3,(H,23,25). The number of nitrogens with one attached hydrogen (secondary N) is 1. The van der Waals surface area contributed by atoms with Crippen LogP contribution in [-0.4, -0.2) is 30.4 Å². The van der Waals surface area contributed by atoms with E-state index in [-0.39, 0.29) is 5.91 Å². The van der Waals surface area contributed by atoms with Crippen LogP contribution < -0.4 is 10.1 Å². The molecule has 0 aromatic heterocycles. The lowest BCUT2D eigenvalue weighted by Crippen LogP contribution is -2.34. The summed E-state index contributed by atoms with van der Waals surface area (Å²) < 4.78 is 5.84. The lowest BCUT2D eigenvalue weighted by atomic mass is 10.2. The quantitative estimate of drug-likeness (QED) is 0.676. The third-order valence-electron chi connectivity index (χ3n) is 4.17. The van der Waals surface area contributed by atoms with E-state index >= 15 is 0 Å². The molecule has 0 saturated carbocycles. The normalized spacial score (nSPS) is 10.8. The zero-order valence-electron chi connectivity index (χ0n) is 16.1. The van der Waals surface area contributed by atoms with Crippen LogP contribution in [0.2, 0.25) is 0 Å². The van der Waals surface area contributed by atoms with Gasteiger partial charge in [-0.1, -0.05) is 44.2 Å². The Morgan fingerprint density at radius 1 is 1.04 bits per heavy atom. The van der Waals surface area contributed by atoms with Crippen LogP contribution in [0.15, 0.2) is 48.5 Å². The van der Waals surface area contributed by atoms with Crippen molar-refractivity contribution in [2.45, 2.75) is 40.2 Å². The maximum Gasteiger partial charge on any atom is 0.238 e. The fraction of sp³-hybridized carbons (Fsp3) is 0.409. The first-order valence-electron chi connectivity index (χ1n) is 9.42. The Hall–Kier alpha value is -2.33. The van der Waals surface area contributed by atoms with E-state index in [1.165, 1.54) is 0 Å². The van der Waals surface area contributed by atoms with Crippen LogP contribution in [-0.2, 0) is 11.4 Å². The second-order valence-corrected chi connectivity index (χ2v) is 6.58. The van der Waals surface area contributed by atoms with Crippen molar-refractivity contribution < 1.29 is 9.53 Å². The molecule has 0 fully saturated rings. The van der Waals surface area contributed by atoms with E-state index in [4.69, 9.17) is 4.74 Å². The molecular formula is C22H30N2O2. The minimum atomic E-state index is 0.0351. The van der Waals surface area contributed by atoms with Gasteiger partial charge in [-0.2, -0.15) is 0 Å². The summed E-state index contributed by atoms with van der Waals surface area (Å²) >= 11 is 0. The molecule has 0 aliphatic heterocycles. The van der Waals surface area contributed by atoms with Crippen LogP contribution in [0.25, 0.3) is 0 Å². The molecule has 0 spiro atoms. The van der Waals surface area contributed by atoms with Gasteiger partial charge >= 0.3 is 0 Å². The summed E-state index contributed by atoms with van der Waals surface area (Å²) in [7, 11) is 0. The number of ether oxygens (including phenoxy) is 1. The maximum atomic E-state index is 12.3. The first-order chi connectivity index (χ1) is 12.6. The summed E-state index contributed by atoms with van der Waals surface area (Å²) in [4.78, 5) is 14.5. The topological polar surface area (TPSA) is 41.6 Å². The van der Waals surface area contributed by atoms with Gasteiger partial charge in [0.1, 0.15) is 12.4 Å². The Labute approximate surface area is 157 Å². The summed E-state index contributed by atoms with van der Waals surface area (Å²) in [5.41, 5.74) is 2.98. The minimum Gasteiger partial charge on any atom is -0.489 e. The molecule has 0 aliphatic carbocycles. The van der Waals surface area contributed by atoms with Crippen molar-refractivity contribution in [3.63, 3.8) is 0 Å². The molecule has 0 saturated heterocycles. The lowest BCUT2D eigenvalue weighted by molar-refractivity contribution is -0.117. The number of hydrogen-bond acceptors (Lipinski definition) is 3. The number of carbonyl (C=O) groups excluding carboxylic acids is 1. The smallest absolute Gasteiger partial charge is 0.238 e. The number of rotatable bonds is 10. The number of hydrogen-bond donors (Lipinski definition) is 1. The molecule has 2 aromatic rings. The molecule has 2 aromatic carbocycles. The van der Waals surface area contributed by atoms with Crippen molar-refractivity contribution in [3.8, 4) is 5.75 Å². The largest absolute Gasteiger partial charge is 0.489 e. The fourth-order valence-electron chi connectivity index (χ4n) is 2.90. The van der Waals surface area contributed by atoms with Crippen molar-refractivity contribution >= 4 is 11.6 Å². The van der Waals surface area contributed by atoms with Gasteiger partial charge in [0.2, 0.25) is 5.91 Å².